The molecule has 1 amide bonds. The molecule has 198 valence electrons. The van der Waals surface area contributed by atoms with E-state index in [1.807, 2.05) is 6.92 Å². The van der Waals surface area contributed by atoms with Gasteiger partial charge in [0.25, 0.3) is 5.91 Å². The highest BCUT2D eigenvalue weighted by atomic mass is 19.4. The van der Waals surface area contributed by atoms with Crippen LogP contribution in [0.2, 0.25) is 0 Å². The van der Waals surface area contributed by atoms with Crippen LogP contribution in [-0.2, 0) is 12.1 Å². The van der Waals surface area contributed by atoms with Crippen molar-refractivity contribution in [1.82, 2.24) is 20.3 Å². The highest BCUT2D eigenvalue weighted by Gasteiger charge is 2.57. The average Bonchev–Trinajstić information content (AvgIpc) is 3.52. The first-order chi connectivity index (χ1) is 18.1. The second-order valence-electron chi connectivity index (χ2n) is 9.19. The van der Waals surface area contributed by atoms with Crippen molar-refractivity contribution in [3.05, 3.63) is 76.6 Å². The molecule has 0 radical (unpaired) electrons. The molecular formula is C26H23F5N6O. The van der Waals surface area contributed by atoms with Crippen LogP contribution in [0.1, 0.15) is 53.4 Å². The number of nitrogens with zero attached hydrogens (tertiary/aromatic N) is 4. The van der Waals surface area contributed by atoms with Crippen LogP contribution in [0.5, 0.6) is 0 Å². The quantitative estimate of drug-likeness (QED) is 0.423. The Morgan fingerprint density at radius 2 is 1.87 bits per heavy atom. The molecule has 0 fully saturated rings. The highest BCUT2D eigenvalue weighted by molar-refractivity contribution is 5.99. The number of carbonyl (C=O) groups is 1. The molecule has 12 heteroatoms. The number of carbonyl (C=O) groups excluding carboxylic acids is 1. The lowest BCUT2D eigenvalue weighted by Gasteiger charge is -2.31. The SMILES string of the molecule is CCN1Cc2c(ccnc2NC(C)c2cc(F)c(-c3cc(C4(C(F)(F)F)CC=NN4)ccn3)cc2F)C1=O. The number of nitrogens with one attached hydrogen (secondary N) is 2. The van der Waals surface area contributed by atoms with Gasteiger partial charge in [-0.3, -0.25) is 15.2 Å². The molecule has 0 bridgehead atoms. The van der Waals surface area contributed by atoms with Crippen LogP contribution in [0.3, 0.4) is 0 Å². The van der Waals surface area contributed by atoms with Crippen molar-refractivity contribution in [3.8, 4) is 11.3 Å². The molecule has 2 aromatic heterocycles. The van der Waals surface area contributed by atoms with Gasteiger partial charge >= 0.3 is 6.18 Å². The number of rotatable bonds is 6. The maximum atomic E-state index is 15.3. The molecular weight excluding hydrogens is 507 g/mol. The number of alkyl halides is 3. The molecule has 3 aromatic rings. The second-order valence-corrected chi connectivity index (χ2v) is 9.19. The number of pyridine rings is 2. The summed E-state index contributed by atoms with van der Waals surface area (Å²) >= 11 is 0. The third-order valence-corrected chi connectivity index (χ3v) is 6.97. The van der Waals surface area contributed by atoms with E-state index in [9.17, 15) is 18.0 Å². The maximum absolute atomic E-state index is 15.3. The Morgan fingerprint density at radius 1 is 1.11 bits per heavy atom. The van der Waals surface area contributed by atoms with Crippen LogP contribution in [0.15, 0.2) is 47.8 Å². The third kappa shape index (κ3) is 4.13. The van der Waals surface area contributed by atoms with Gasteiger partial charge in [-0.2, -0.15) is 18.3 Å². The monoisotopic (exact) mass is 530 g/mol. The van der Waals surface area contributed by atoms with Gasteiger partial charge in [0.2, 0.25) is 0 Å². The summed E-state index contributed by atoms with van der Waals surface area (Å²) < 4.78 is 72.3. The first-order valence-corrected chi connectivity index (χ1v) is 11.9. The van der Waals surface area contributed by atoms with Crippen LogP contribution in [0, 0.1) is 11.6 Å². The Bertz CT molecular complexity index is 1430. The second kappa shape index (κ2) is 9.34. The molecule has 5 rings (SSSR count). The fraction of sp³-hybridized carbons (Fsp3) is 0.308. The summed E-state index contributed by atoms with van der Waals surface area (Å²) in [5.74, 6) is -1.36. The van der Waals surface area contributed by atoms with Gasteiger partial charge in [0, 0.05) is 53.8 Å². The van der Waals surface area contributed by atoms with Crippen molar-refractivity contribution in [2.45, 2.75) is 44.6 Å². The van der Waals surface area contributed by atoms with Crippen LogP contribution >= 0.6 is 0 Å². The van der Waals surface area contributed by atoms with Crippen LogP contribution in [-0.4, -0.2) is 39.7 Å². The van der Waals surface area contributed by atoms with E-state index in [1.54, 1.807) is 17.9 Å². The molecule has 0 spiro atoms. The zero-order valence-corrected chi connectivity index (χ0v) is 20.4. The van der Waals surface area contributed by atoms with E-state index in [1.165, 1.54) is 12.3 Å². The number of benzene rings is 1. The summed E-state index contributed by atoms with van der Waals surface area (Å²) in [6.07, 6.45) is -1.43. The van der Waals surface area contributed by atoms with Crippen molar-refractivity contribution in [2.24, 2.45) is 5.10 Å². The van der Waals surface area contributed by atoms with E-state index in [2.05, 4.69) is 25.8 Å². The van der Waals surface area contributed by atoms with Crippen molar-refractivity contribution in [2.75, 3.05) is 11.9 Å². The predicted octanol–water partition coefficient (Wildman–Crippen LogP) is 5.31. The normalized spacial score (nSPS) is 19.4. The number of amides is 1. The first kappa shape index (κ1) is 25.6. The molecule has 0 saturated heterocycles. The van der Waals surface area contributed by atoms with Crippen LogP contribution < -0.4 is 10.7 Å². The van der Waals surface area contributed by atoms with E-state index >= 15 is 8.78 Å². The summed E-state index contributed by atoms with van der Waals surface area (Å²) in [4.78, 5) is 22.4. The number of hydrogen-bond donors (Lipinski definition) is 2. The minimum Gasteiger partial charge on any atom is -0.363 e. The average molecular weight is 531 g/mol. The van der Waals surface area contributed by atoms with E-state index in [4.69, 9.17) is 0 Å². The summed E-state index contributed by atoms with van der Waals surface area (Å²) in [6, 6.07) is 5.04. The van der Waals surface area contributed by atoms with E-state index in [0.29, 0.717) is 30.0 Å². The van der Waals surface area contributed by atoms with Gasteiger partial charge in [-0.25, -0.2) is 13.8 Å². The van der Waals surface area contributed by atoms with Gasteiger partial charge < -0.3 is 10.2 Å². The van der Waals surface area contributed by atoms with Crippen molar-refractivity contribution < 1.29 is 26.7 Å². The van der Waals surface area contributed by atoms with Crippen molar-refractivity contribution >= 4 is 17.9 Å². The number of aromatic nitrogens is 2. The number of hydrazone groups is 1. The zero-order chi connectivity index (χ0) is 27.2. The van der Waals surface area contributed by atoms with Gasteiger partial charge in [-0.05, 0) is 49.7 Å². The van der Waals surface area contributed by atoms with E-state index in [0.717, 1.165) is 30.6 Å². The topological polar surface area (TPSA) is 82.5 Å². The maximum Gasteiger partial charge on any atom is 0.417 e. The molecule has 7 nitrogen and oxygen atoms in total. The highest BCUT2D eigenvalue weighted by Crippen LogP contribution is 2.44. The number of halogens is 5. The Labute approximate surface area is 214 Å². The fourth-order valence-electron chi connectivity index (χ4n) is 4.79. The standard InChI is InChI=1S/C26H23F5N6O/c1-3-37-13-19-16(24(37)38)5-8-33-23(19)35-14(2)17-11-21(28)18(12-20(17)27)22-10-15(4-7-32-22)25(26(29,30)31)6-9-34-36-25/h4-5,7-12,14,36H,3,6,13H2,1-2H3,(H,33,35). The zero-order valence-electron chi connectivity index (χ0n) is 20.4. The molecule has 4 heterocycles. The van der Waals surface area contributed by atoms with Crippen molar-refractivity contribution in [1.29, 1.82) is 0 Å². The first-order valence-electron chi connectivity index (χ1n) is 11.9. The van der Waals surface area contributed by atoms with Gasteiger partial charge in [0.1, 0.15) is 17.5 Å². The molecule has 2 atom stereocenters. The molecule has 0 saturated carbocycles. The van der Waals surface area contributed by atoms with E-state index in [-0.39, 0.29) is 28.3 Å². The minimum absolute atomic E-state index is 0.0175. The molecule has 38 heavy (non-hydrogen) atoms. The molecule has 2 unspecified atom stereocenters. The molecule has 2 aliphatic rings. The third-order valence-electron chi connectivity index (χ3n) is 6.97. The Kier molecular flexibility index (Phi) is 6.28. The lowest BCUT2D eigenvalue weighted by Crippen LogP contribution is -2.49. The Balaban J connectivity index is 1.44. The van der Waals surface area contributed by atoms with Crippen LogP contribution in [0.4, 0.5) is 27.8 Å². The number of hydrogen-bond acceptors (Lipinski definition) is 6. The number of anilines is 1. The lowest BCUT2D eigenvalue weighted by atomic mass is 9.87. The smallest absolute Gasteiger partial charge is 0.363 e. The van der Waals surface area contributed by atoms with E-state index < -0.39 is 35.8 Å². The van der Waals surface area contributed by atoms with Gasteiger partial charge in [0.15, 0.2) is 5.54 Å². The Hall–Kier alpha value is -4.09. The molecule has 1 aromatic carbocycles. The molecule has 2 aliphatic heterocycles. The van der Waals surface area contributed by atoms with Gasteiger partial charge in [-0.1, -0.05) is 0 Å². The van der Waals surface area contributed by atoms with Crippen molar-refractivity contribution in [3.63, 3.8) is 0 Å². The van der Waals surface area contributed by atoms with Gasteiger partial charge in [-0.15, -0.1) is 0 Å². The Morgan fingerprint density at radius 3 is 2.55 bits per heavy atom. The summed E-state index contributed by atoms with van der Waals surface area (Å²) in [5.41, 5.74) is 0.155. The van der Waals surface area contributed by atoms with Crippen LogP contribution in [0.25, 0.3) is 11.3 Å². The summed E-state index contributed by atoms with van der Waals surface area (Å²) in [7, 11) is 0. The number of fused-ring (bicyclic) bond motifs is 1. The minimum atomic E-state index is -4.69. The largest absolute Gasteiger partial charge is 0.417 e. The molecule has 0 aliphatic carbocycles. The summed E-state index contributed by atoms with van der Waals surface area (Å²) in [5, 5.41) is 6.59. The summed E-state index contributed by atoms with van der Waals surface area (Å²) in [6.45, 7) is 4.35. The predicted molar refractivity (Wildman–Crippen MR) is 130 cm³/mol. The lowest BCUT2D eigenvalue weighted by molar-refractivity contribution is -0.196. The molecule has 2 N–H and O–H groups in total. The van der Waals surface area contributed by atoms with Gasteiger partial charge in [0.05, 0.1) is 18.3 Å². The fourth-order valence-corrected chi connectivity index (χ4v) is 4.79.